The number of carbonyl (C=O) groups excluding carboxylic acids is 1. The molecule has 3 aromatic rings. The summed E-state index contributed by atoms with van der Waals surface area (Å²) in [6, 6.07) is 12.6. The number of halogens is 1. The van der Waals surface area contributed by atoms with E-state index in [0.717, 1.165) is 17.7 Å². The number of benzene rings is 2. The summed E-state index contributed by atoms with van der Waals surface area (Å²) in [6.07, 6.45) is 2.51. The van der Waals surface area contributed by atoms with Gasteiger partial charge in [-0.3, -0.25) is 9.80 Å². The molecule has 1 N–H and O–H groups in total. The molecule has 2 aliphatic rings. The smallest absolute Gasteiger partial charge is 0.273 e. The Morgan fingerprint density at radius 1 is 1.31 bits per heavy atom. The van der Waals surface area contributed by atoms with Crippen molar-refractivity contribution in [3.8, 4) is 11.4 Å². The first-order valence-electron chi connectivity index (χ1n) is 10.5. The lowest BCUT2D eigenvalue weighted by molar-refractivity contribution is -0.173. The molecule has 0 spiro atoms. The number of hydrazine groups is 1. The third kappa shape index (κ3) is 3.52. The van der Waals surface area contributed by atoms with Gasteiger partial charge in [0, 0.05) is 36.1 Å². The molecule has 5 rings (SSSR count). The molecule has 1 fully saturated rings. The lowest BCUT2D eigenvalue weighted by Gasteiger charge is -2.40. The average Bonchev–Trinajstić information content (AvgIpc) is 3.44. The highest BCUT2D eigenvalue weighted by atomic mass is 35.5. The third-order valence-electron chi connectivity index (χ3n) is 6.13. The van der Waals surface area contributed by atoms with Crippen molar-refractivity contribution < 1.29 is 14.6 Å². The molecule has 2 atom stereocenters. The fourth-order valence-electron chi connectivity index (χ4n) is 4.49. The van der Waals surface area contributed by atoms with E-state index in [1.807, 2.05) is 30.1 Å². The Bertz CT molecular complexity index is 1140. The molecule has 32 heavy (non-hydrogen) atoms. The summed E-state index contributed by atoms with van der Waals surface area (Å²) in [7, 11) is 0. The zero-order valence-electron chi connectivity index (χ0n) is 17.6. The number of ether oxygens (including phenoxy) is 1. The Kier molecular flexibility index (Phi) is 5.32. The number of rotatable bonds is 4. The van der Waals surface area contributed by atoms with Crippen LogP contribution in [-0.2, 0) is 16.9 Å². The summed E-state index contributed by atoms with van der Waals surface area (Å²) in [4.78, 5) is 13.8. The standard InChI is InChI=1S/C22H23ClN6O3/c1-15-8-10-27(13-16-12-17(23)6-7-19(16)28-14-24-25-26-28)29(15)21(30)22(31)9-11-32-20-5-3-2-4-18(20)22/h2-7,12,14-15,31H,8-11,13H2,1H3/t15-,22?/m0/s1. The summed E-state index contributed by atoms with van der Waals surface area (Å²) < 4.78 is 7.24. The molecule has 1 amide bonds. The molecule has 0 radical (unpaired) electrons. The molecule has 0 aliphatic carbocycles. The molecule has 166 valence electrons. The van der Waals surface area contributed by atoms with Crippen molar-refractivity contribution >= 4 is 17.5 Å². The van der Waals surface area contributed by atoms with Crippen LogP contribution in [0.15, 0.2) is 48.8 Å². The molecule has 10 heteroatoms. The summed E-state index contributed by atoms with van der Waals surface area (Å²) in [5, 5.41) is 27.2. The Morgan fingerprint density at radius 2 is 2.16 bits per heavy atom. The topological polar surface area (TPSA) is 96.6 Å². The monoisotopic (exact) mass is 454 g/mol. The minimum atomic E-state index is -1.64. The number of amides is 1. The van der Waals surface area contributed by atoms with Crippen LogP contribution in [0.5, 0.6) is 5.75 Å². The number of tetrazole rings is 1. The van der Waals surface area contributed by atoms with Crippen LogP contribution in [0.25, 0.3) is 5.69 Å². The highest BCUT2D eigenvalue weighted by molar-refractivity contribution is 6.30. The Labute approximate surface area is 190 Å². The van der Waals surface area contributed by atoms with E-state index in [1.165, 1.54) is 6.33 Å². The second-order valence-electron chi connectivity index (χ2n) is 8.16. The summed E-state index contributed by atoms with van der Waals surface area (Å²) >= 11 is 6.28. The number of para-hydroxylation sites is 1. The Balaban J connectivity index is 1.48. The van der Waals surface area contributed by atoms with Gasteiger partial charge in [0.2, 0.25) is 0 Å². The molecule has 0 saturated carbocycles. The van der Waals surface area contributed by atoms with Crippen molar-refractivity contribution in [3.63, 3.8) is 0 Å². The van der Waals surface area contributed by atoms with Crippen molar-refractivity contribution in [2.45, 2.75) is 38.0 Å². The highest BCUT2D eigenvalue weighted by Crippen LogP contribution is 2.40. The fourth-order valence-corrected chi connectivity index (χ4v) is 4.68. The zero-order chi connectivity index (χ0) is 22.3. The van der Waals surface area contributed by atoms with E-state index in [1.54, 1.807) is 34.0 Å². The maximum absolute atomic E-state index is 13.8. The van der Waals surface area contributed by atoms with Crippen LogP contribution in [0, 0.1) is 0 Å². The van der Waals surface area contributed by atoms with Crippen molar-refractivity contribution in [2.24, 2.45) is 0 Å². The van der Waals surface area contributed by atoms with Gasteiger partial charge in [0.05, 0.1) is 12.3 Å². The van der Waals surface area contributed by atoms with Gasteiger partial charge in [0.25, 0.3) is 5.91 Å². The van der Waals surface area contributed by atoms with Crippen molar-refractivity contribution in [1.29, 1.82) is 0 Å². The van der Waals surface area contributed by atoms with Crippen LogP contribution in [0.3, 0.4) is 0 Å². The summed E-state index contributed by atoms with van der Waals surface area (Å²) in [5.41, 5.74) is 0.517. The Morgan fingerprint density at radius 3 is 2.97 bits per heavy atom. The molecule has 1 unspecified atom stereocenters. The van der Waals surface area contributed by atoms with Gasteiger partial charge < -0.3 is 9.84 Å². The van der Waals surface area contributed by atoms with E-state index < -0.39 is 5.60 Å². The number of aliphatic hydroxyl groups is 1. The second kappa shape index (κ2) is 8.16. The van der Waals surface area contributed by atoms with Gasteiger partial charge >= 0.3 is 0 Å². The average molecular weight is 455 g/mol. The maximum atomic E-state index is 13.8. The van der Waals surface area contributed by atoms with Crippen LogP contribution in [0.4, 0.5) is 0 Å². The van der Waals surface area contributed by atoms with Gasteiger partial charge in [-0.25, -0.2) is 9.69 Å². The quantitative estimate of drug-likeness (QED) is 0.646. The van der Waals surface area contributed by atoms with Crippen molar-refractivity contribution in [1.82, 2.24) is 30.2 Å². The van der Waals surface area contributed by atoms with Crippen molar-refractivity contribution in [2.75, 3.05) is 13.2 Å². The maximum Gasteiger partial charge on any atom is 0.273 e. The van der Waals surface area contributed by atoms with Gasteiger partial charge in [-0.2, -0.15) is 0 Å². The van der Waals surface area contributed by atoms with Gasteiger partial charge in [-0.15, -0.1) is 5.10 Å². The minimum absolute atomic E-state index is 0.0581. The fraction of sp³-hybridized carbons (Fsp3) is 0.364. The largest absolute Gasteiger partial charge is 0.493 e. The van der Waals surface area contributed by atoms with E-state index >= 15 is 0 Å². The second-order valence-corrected chi connectivity index (χ2v) is 8.59. The third-order valence-corrected chi connectivity index (χ3v) is 6.37. The van der Waals surface area contributed by atoms with Gasteiger partial charge in [0.1, 0.15) is 12.1 Å². The number of hydrogen-bond acceptors (Lipinski definition) is 7. The minimum Gasteiger partial charge on any atom is -0.493 e. The van der Waals surface area contributed by atoms with Crippen LogP contribution in [-0.4, -0.2) is 60.4 Å². The number of aromatic nitrogens is 4. The molecule has 9 nitrogen and oxygen atoms in total. The van der Waals surface area contributed by atoms with Crippen LogP contribution in [0.1, 0.15) is 30.9 Å². The number of carbonyl (C=O) groups is 1. The van der Waals surface area contributed by atoms with E-state index in [-0.39, 0.29) is 25.0 Å². The van der Waals surface area contributed by atoms with E-state index in [0.29, 0.717) is 29.4 Å². The van der Waals surface area contributed by atoms with Crippen LogP contribution in [0.2, 0.25) is 5.02 Å². The molecule has 3 heterocycles. The first-order chi connectivity index (χ1) is 15.5. The van der Waals surface area contributed by atoms with Crippen LogP contribution >= 0.6 is 11.6 Å². The van der Waals surface area contributed by atoms with Crippen molar-refractivity contribution in [3.05, 3.63) is 64.9 Å². The summed E-state index contributed by atoms with van der Waals surface area (Å²) in [5.74, 6) is 0.202. The van der Waals surface area contributed by atoms with Gasteiger partial charge in [-0.05, 0) is 53.6 Å². The number of fused-ring (bicyclic) bond motifs is 1. The normalized spacial score (nSPS) is 23.1. The first-order valence-corrected chi connectivity index (χ1v) is 10.9. The predicted octanol–water partition coefficient (Wildman–Crippen LogP) is 2.32. The predicted molar refractivity (Wildman–Crippen MR) is 116 cm³/mol. The van der Waals surface area contributed by atoms with Gasteiger partial charge in [0.15, 0.2) is 5.60 Å². The zero-order valence-corrected chi connectivity index (χ0v) is 18.3. The molecule has 2 aliphatic heterocycles. The lowest BCUT2D eigenvalue weighted by atomic mass is 9.87. The van der Waals surface area contributed by atoms with Crippen LogP contribution < -0.4 is 4.74 Å². The SMILES string of the molecule is C[C@H]1CCN(Cc2cc(Cl)ccc2-n2cnnn2)N1C(=O)C1(O)CCOc2ccccc21. The van der Waals surface area contributed by atoms with Gasteiger partial charge in [-0.1, -0.05) is 29.8 Å². The molecule has 0 bridgehead atoms. The van der Waals surface area contributed by atoms with E-state index in [2.05, 4.69) is 15.5 Å². The lowest BCUT2D eigenvalue weighted by Crippen LogP contribution is -2.54. The van der Waals surface area contributed by atoms with E-state index in [9.17, 15) is 9.90 Å². The number of nitrogens with zero attached hydrogens (tertiary/aromatic N) is 6. The first kappa shape index (κ1) is 20.9. The molecule has 1 saturated heterocycles. The molecular weight excluding hydrogens is 432 g/mol. The Hall–Kier alpha value is -3.01. The highest BCUT2D eigenvalue weighted by Gasteiger charge is 2.48. The summed E-state index contributed by atoms with van der Waals surface area (Å²) in [6.45, 7) is 3.36. The molecule has 1 aromatic heterocycles. The number of hydrogen-bond donors (Lipinski definition) is 1. The van der Waals surface area contributed by atoms with E-state index in [4.69, 9.17) is 16.3 Å². The molecule has 2 aromatic carbocycles. The molecular formula is C22H23ClN6O3.